The second kappa shape index (κ2) is 5.10. The lowest BCUT2D eigenvalue weighted by atomic mass is 9.85. The number of nitro benzene ring substituents is 1. The van der Waals surface area contributed by atoms with Crippen LogP contribution in [-0.2, 0) is 10.4 Å². The molecule has 0 bridgehead atoms. The van der Waals surface area contributed by atoms with Crippen molar-refractivity contribution in [2.75, 3.05) is 0 Å². The molecule has 2 rings (SSSR count). The molecule has 1 atom stereocenters. The summed E-state index contributed by atoms with van der Waals surface area (Å²) < 4.78 is 0. The van der Waals surface area contributed by atoms with Gasteiger partial charge in [0.1, 0.15) is 0 Å². The molecule has 0 aliphatic heterocycles. The van der Waals surface area contributed by atoms with Gasteiger partial charge in [0.25, 0.3) is 5.69 Å². The first-order valence-electron chi connectivity index (χ1n) is 5.73. The Morgan fingerprint density at radius 1 is 1.05 bits per heavy atom. The number of hydrogen-bond donors (Lipinski definition) is 2. The predicted octanol–water partition coefficient (Wildman–Crippen LogP) is 1.92. The van der Waals surface area contributed by atoms with Gasteiger partial charge in [0.15, 0.2) is 0 Å². The summed E-state index contributed by atoms with van der Waals surface area (Å²) in [6.45, 7) is 0. The highest BCUT2D eigenvalue weighted by molar-refractivity contribution is 5.85. The monoisotopic (exact) mass is 273 g/mol. The number of hydrogen-bond acceptors (Lipinski definition) is 4. The molecular formula is C14H11NO5. The van der Waals surface area contributed by atoms with Crippen molar-refractivity contribution in [3.8, 4) is 0 Å². The molecule has 6 nitrogen and oxygen atoms in total. The summed E-state index contributed by atoms with van der Waals surface area (Å²) in [5, 5.41) is 31.0. The van der Waals surface area contributed by atoms with Gasteiger partial charge in [-0.1, -0.05) is 42.5 Å². The zero-order chi connectivity index (χ0) is 14.8. The summed E-state index contributed by atoms with van der Waals surface area (Å²) in [6, 6.07) is 12.8. The molecule has 0 fully saturated rings. The van der Waals surface area contributed by atoms with Crippen LogP contribution in [-0.4, -0.2) is 21.1 Å². The molecule has 2 aromatic carbocycles. The van der Waals surface area contributed by atoms with Crippen molar-refractivity contribution in [3.05, 3.63) is 75.8 Å². The predicted molar refractivity (Wildman–Crippen MR) is 70.2 cm³/mol. The summed E-state index contributed by atoms with van der Waals surface area (Å²) in [6.07, 6.45) is 0. The zero-order valence-electron chi connectivity index (χ0n) is 10.3. The fraction of sp³-hybridized carbons (Fsp3) is 0.0714. The topological polar surface area (TPSA) is 101 Å². The Labute approximate surface area is 114 Å². The molecule has 0 spiro atoms. The molecule has 2 N–H and O–H groups in total. The van der Waals surface area contributed by atoms with Crippen LogP contribution in [0.2, 0.25) is 0 Å². The first-order valence-corrected chi connectivity index (χ1v) is 5.73. The van der Waals surface area contributed by atoms with Crippen LogP contribution in [0.25, 0.3) is 0 Å². The maximum atomic E-state index is 11.5. The van der Waals surface area contributed by atoms with Crippen LogP contribution in [0.4, 0.5) is 5.69 Å². The maximum Gasteiger partial charge on any atom is 0.345 e. The fourth-order valence-corrected chi connectivity index (χ4v) is 2.01. The first-order chi connectivity index (χ1) is 9.48. The molecule has 0 aromatic heterocycles. The molecule has 102 valence electrons. The van der Waals surface area contributed by atoms with Crippen LogP contribution in [0.15, 0.2) is 54.6 Å². The van der Waals surface area contributed by atoms with Gasteiger partial charge >= 0.3 is 5.97 Å². The van der Waals surface area contributed by atoms with Gasteiger partial charge in [-0.15, -0.1) is 0 Å². The maximum absolute atomic E-state index is 11.5. The van der Waals surface area contributed by atoms with E-state index in [-0.39, 0.29) is 11.1 Å². The van der Waals surface area contributed by atoms with Crippen molar-refractivity contribution in [1.29, 1.82) is 0 Å². The quantitative estimate of drug-likeness (QED) is 0.654. The normalized spacial score (nSPS) is 13.4. The van der Waals surface area contributed by atoms with Gasteiger partial charge in [-0.3, -0.25) is 10.1 Å². The van der Waals surface area contributed by atoms with E-state index in [1.165, 1.54) is 30.3 Å². The number of nitro groups is 1. The number of rotatable bonds is 4. The SMILES string of the molecule is O=C(O)[C@@](O)(c1ccccc1)c1ccccc1[N+](=O)[O-]. The van der Waals surface area contributed by atoms with E-state index in [1.807, 2.05) is 0 Å². The summed E-state index contributed by atoms with van der Waals surface area (Å²) in [4.78, 5) is 21.8. The minimum absolute atomic E-state index is 0.0572. The lowest BCUT2D eigenvalue weighted by Crippen LogP contribution is -2.37. The number of para-hydroxylation sites is 1. The molecule has 0 aliphatic rings. The van der Waals surface area contributed by atoms with Gasteiger partial charge in [0, 0.05) is 6.07 Å². The van der Waals surface area contributed by atoms with Gasteiger partial charge in [0.2, 0.25) is 5.60 Å². The highest BCUT2D eigenvalue weighted by Crippen LogP contribution is 2.35. The molecule has 20 heavy (non-hydrogen) atoms. The molecule has 0 radical (unpaired) electrons. The Morgan fingerprint density at radius 3 is 2.15 bits per heavy atom. The van der Waals surface area contributed by atoms with Crippen molar-refractivity contribution in [1.82, 2.24) is 0 Å². The number of carbonyl (C=O) groups is 1. The van der Waals surface area contributed by atoms with E-state index in [0.717, 1.165) is 6.07 Å². The van der Waals surface area contributed by atoms with Crippen LogP contribution in [0.5, 0.6) is 0 Å². The minimum atomic E-state index is -2.47. The Hall–Kier alpha value is -2.73. The highest BCUT2D eigenvalue weighted by Gasteiger charge is 2.44. The molecule has 0 aliphatic carbocycles. The summed E-state index contributed by atoms with van der Waals surface area (Å²) in [7, 11) is 0. The van der Waals surface area contributed by atoms with E-state index in [2.05, 4.69) is 0 Å². The molecule has 0 unspecified atom stereocenters. The van der Waals surface area contributed by atoms with Gasteiger partial charge in [0.05, 0.1) is 10.5 Å². The number of nitrogens with zero attached hydrogens (tertiary/aromatic N) is 1. The molecule has 2 aromatic rings. The third-order valence-electron chi connectivity index (χ3n) is 2.99. The van der Waals surface area contributed by atoms with Crippen molar-refractivity contribution in [2.24, 2.45) is 0 Å². The summed E-state index contributed by atoms with van der Waals surface area (Å²) in [5.41, 5.74) is -3.13. The molecular weight excluding hydrogens is 262 g/mol. The fourth-order valence-electron chi connectivity index (χ4n) is 2.01. The van der Waals surface area contributed by atoms with E-state index >= 15 is 0 Å². The number of benzene rings is 2. The first kappa shape index (κ1) is 13.7. The van der Waals surface area contributed by atoms with Crippen LogP contribution in [0.1, 0.15) is 11.1 Å². The molecule has 0 saturated heterocycles. The number of aliphatic carboxylic acids is 1. The third kappa shape index (κ3) is 2.12. The molecule has 0 amide bonds. The van der Waals surface area contributed by atoms with E-state index in [1.54, 1.807) is 18.2 Å². The van der Waals surface area contributed by atoms with Crippen molar-refractivity contribution < 1.29 is 19.9 Å². The minimum Gasteiger partial charge on any atom is -0.479 e. The van der Waals surface area contributed by atoms with Crippen molar-refractivity contribution in [3.63, 3.8) is 0 Å². The third-order valence-corrected chi connectivity index (χ3v) is 2.99. The van der Waals surface area contributed by atoms with Gasteiger partial charge in [-0.2, -0.15) is 0 Å². The lowest BCUT2D eigenvalue weighted by Gasteiger charge is -2.24. The Kier molecular flexibility index (Phi) is 3.49. The summed E-state index contributed by atoms with van der Waals surface area (Å²) in [5.74, 6) is -1.57. The van der Waals surface area contributed by atoms with Gasteiger partial charge < -0.3 is 10.2 Å². The number of carboxylic acid groups (broad SMARTS) is 1. The average Bonchev–Trinajstić information content (AvgIpc) is 2.47. The van der Waals surface area contributed by atoms with Crippen LogP contribution < -0.4 is 0 Å². The standard InChI is InChI=1S/C14H11NO5/c16-13(17)14(18,10-6-2-1-3-7-10)11-8-4-5-9-12(11)15(19)20/h1-9,18H,(H,16,17)/t14-/m1/s1. The van der Waals surface area contributed by atoms with Crippen LogP contribution in [0.3, 0.4) is 0 Å². The molecule has 6 heteroatoms. The van der Waals surface area contributed by atoms with Crippen LogP contribution in [0, 0.1) is 10.1 Å². The van der Waals surface area contributed by atoms with Gasteiger partial charge in [-0.25, -0.2) is 4.79 Å². The smallest absolute Gasteiger partial charge is 0.345 e. The van der Waals surface area contributed by atoms with E-state index in [0.29, 0.717) is 0 Å². The number of aliphatic hydroxyl groups is 1. The molecule has 0 saturated carbocycles. The van der Waals surface area contributed by atoms with E-state index < -0.39 is 22.2 Å². The van der Waals surface area contributed by atoms with Crippen molar-refractivity contribution >= 4 is 11.7 Å². The lowest BCUT2D eigenvalue weighted by molar-refractivity contribution is -0.386. The van der Waals surface area contributed by atoms with E-state index in [4.69, 9.17) is 0 Å². The second-order valence-corrected chi connectivity index (χ2v) is 4.16. The summed E-state index contributed by atoms with van der Waals surface area (Å²) >= 11 is 0. The van der Waals surface area contributed by atoms with Gasteiger partial charge in [-0.05, 0) is 11.6 Å². The molecule has 0 heterocycles. The Morgan fingerprint density at radius 2 is 1.60 bits per heavy atom. The zero-order valence-corrected chi connectivity index (χ0v) is 10.3. The Balaban J connectivity index is 2.73. The Bertz CT molecular complexity index is 656. The second-order valence-electron chi connectivity index (χ2n) is 4.16. The van der Waals surface area contributed by atoms with E-state index in [9.17, 15) is 25.1 Å². The average molecular weight is 273 g/mol. The highest BCUT2D eigenvalue weighted by atomic mass is 16.6. The van der Waals surface area contributed by atoms with Crippen LogP contribution >= 0.6 is 0 Å². The number of carboxylic acids is 1. The largest absolute Gasteiger partial charge is 0.479 e. The van der Waals surface area contributed by atoms with Crippen molar-refractivity contribution in [2.45, 2.75) is 5.60 Å².